The molecule has 1 amide bonds. The first-order chi connectivity index (χ1) is 15.0. The zero-order valence-corrected chi connectivity index (χ0v) is 19.5. The van der Waals surface area contributed by atoms with Crippen LogP contribution in [0.2, 0.25) is 5.02 Å². The van der Waals surface area contributed by atoms with Crippen LogP contribution < -0.4 is 5.32 Å². The highest BCUT2D eigenvalue weighted by Gasteiger charge is 2.20. The van der Waals surface area contributed by atoms with Gasteiger partial charge in [-0.2, -0.15) is 0 Å². The van der Waals surface area contributed by atoms with Crippen LogP contribution in [-0.4, -0.2) is 53.4 Å². The number of benzene rings is 2. The Bertz CT molecular complexity index is 1060. The van der Waals surface area contributed by atoms with Crippen LogP contribution in [0, 0.1) is 13.8 Å². The lowest BCUT2D eigenvalue weighted by Crippen LogP contribution is -2.48. The van der Waals surface area contributed by atoms with Crippen LogP contribution in [0.25, 0.3) is 11.3 Å². The van der Waals surface area contributed by atoms with Gasteiger partial charge in [0.1, 0.15) is 0 Å². The zero-order chi connectivity index (χ0) is 21.8. The first-order valence-corrected chi connectivity index (χ1v) is 11.7. The molecule has 2 heterocycles. The fourth-order valence-corrected chi connectivity index (χ4v) is 4.63. The van der Waals surface area contributed by atoms with E-state index in [0.717, 1.165) is 54.6 Å². The first-order valence-electron chi connectivity index (χ1n) is 10.5. The molecule has 31 heavy (non-hydrogen) atoms. The van der Waals surface area contributed by atoms with E-state index in [0.29, 0.717) is 11.7 Å². The number of halogens is 1. The number of aryl methyl sites for hydroxylation is 2. The third kappa shape index (κ3) is 5.71. The lowest BCUT2D eigenvalue weighted by molar-refractivity contribution is -0.117. The zero-order valence-electron chi connectivity index (χ0n) is 17.9. The van der Waals surface area contributed by atoms with E-state index in [9.17, 15) is 4.79 Å². The molecule has 1 N–H and O–H groups in total. The standard InChI is InChI=1S/C24H27ClN4OS/c1-17-7-8-19(13-18(17)2)22-16-31-24(26-22)27-23(30)15-29-11-9-28(10-12-29)14-20-5-3-4-6-21(20)25/h3-8,13,16H,9-12,14-15H2,1-2H3,(H,26,27,30). The molecule has 7 heteroatoms. The summed E-state index contributed by atoms with van der Waals surface area (Å²) in [6.07, 6.45) is 0. The normalized spacial score (nSPS) is 15.2. The molecule has 0 saturated carbocycles. The third-order valence-corrected chi connectivity index (χ3v) is 6.86. The number of carbonyl (C=O) groups excluding carboxylic acids is 1. The van der Waals surface area contributed by atoms with E-state index in [1.54, 1.807) is 0 Å². The summed E-state index contributed by atoms with van der Waals surface area (Å²) in [5, 5.41) is 6.41. The summed E-state index contributed by atoms with van der Waals surface area (Å²) < 4.78 is 0. The second-order valence-corrected chi connectivity index (χ2v) is 9.29. The summed E-state index contributed by atoms with van der Waals surface area (Å²) >= 11 is 7.74. The molecular weight excluding hydrogens is 428 g/mol. The van der Waals surface area contributed by atoms with Crippen LogP contribution in [0.4, 0.5) is 5.13 Å². The van der Waals surface area contributed by atoms with Crippen molar-refractivity contribution in [3.63, 3.8) is 0 Å². The topological polar surface area (TPSA) is 48.5 Å². The summed E-state index contributed by atoms with van der Waals surface area (Å²) in [5.74, 6) is -0.0134. The van der Waals surface area contributed by atoms with Gasteiger partial charge in [0.15, 0.2) is 5.13 Å². The molecule has 2 aromatic carbocycles. The van der Waals surface area contributed by atoms with Crippen LogP contribution in [0.1, 0.15) is 16.7 Å². The number of nitrogens with one attached hydrogen (secondary N) is 1. The van der Waals surface area contributed by atoms with Gasteiger partial charge in [0.05, 0.1) is 12.2 Å². The molecule has 0 spiro atoms. The third-order valence-electron chi connectivity index (χ3n) is 5.74. The molecule has 0 aliphatic carbocycles. The Morgan fingerprint density at radius 2 is 1.81 bits per heavy atom. The van der Waals surface area contributed by atoms with Crippen molar-refractivity contribution in [2.75, 3.05) is 38.0 Å². The van der Waals surface area contributed by atoms with Crippen molar-refractivity contribution >= 4 is 34.0 Å². The smallest absolute Gasteiger partial charge is 0.240 e. The number of piperazine rings is 1. The van der Waals surface area contributed by atoms with Crippen molar-refractivity contribution < 1.29 is 4.79 Å². The molecule has 5 nitrogen and oxygen atoms in total. The van der Waals surface area contributed by atoms with Gasteiger partial charge in [-0.15, -0.1) is 11.3 Å². The quantitative estimate of drug-likeness (QED) is 0.579. The highest BCUT2D eigenvalue weighted by atomic mass is 35.5. The van der Waals surface area contributed by atoms with Crippen LogP contribution in [-0.2, 0) is 11.3 Å². The molecule has 1 saturated heterocycles. The molecule has 1 aliphatic rings. The highest BCUT2D eigenvalue weighted by Crippen LogP contribution is 2.26. The van der Waals surface area contributed by atoms with Gasteiger partial charge >= 0.3 is 0 Å². The van der Waals surface area contributed by atoms with Crippen molar-refractivity contribution in [3.05, 3.63) is 69.6 Å². The van der Waals surface area contributed by atoms with Gasteiger partial charge in [-0.05, 0) is 42.7 Å². The Hall–Kier alpha value is -2.25. The van der Waals surface area contributed by atoms with E-state index >= 15 is 0 Å². The van der Waals surface area contributed by atoms with Gasteiger partial charge in [0.25, 0.3) is 0 Å². The monoisotopic (exact) mass is 454 g/mol. The van der Waals surface area contributed by atoms with Crippen LogP contribution in [0.5, 0.6) is 0 Å². The minimum absolute atomic E-state index is 0.0134. The molecule has 0 bridgehead atoms. The van der Waals surface area contributed by atoms with Crippen molar-refractivity contribution in [2.24, 2.45) is 0 Å². The van der Waals surface area contributed by atoms with Crippen molar-refractivity contribution in [2.45, 2.75) is 20.4 Å². The molecule has 0 unspecified atom stereocenters. The van der Waals surface area contributed by atoms with E-state index in [4.69, 9.17) is 11.6 Å². The number of aromatic nitrogens is 1. The number of thiazole rings is 1. The van der Waals surface area contributed by atoms with Gasteiger partial charge in [-0.25, -0.2) is 4.98 Å². The minimum atomic E-state index is -0.0134. The van der Waals surface area contributed by atoms with E-state index in [-0.39, 0.29) is 5.91 Å². The summed E-state index contributed by atoms with van der Waals surface area (Å²) in [5.41, 5.74) is 5.63. The number of hydrogen-bond donors (Lipinski definition) is 1. The fraction of sp³-hybridized carbons (Fsp3) is 0.333. The second-order valence-electron chi connectivity index (χ2n) is 8.03. The highest BCUT2D eigenvalue weighted by molar-refractivity contribution is 7.14. The average molecular weight is 455 g/mol. The lowest BCUT2D eigenvalue weighted by Gasteiger charge is -2.34. The lowest BCUT2D eigenvalue weighted by atomic mass is 10.1. The Kier molecular flexibility index (Phi) is 7.02. The van der Waals surface area contributed by atoms with E-state index < -0.39 is 0 Å². The maximum atomic E-state index is 12.5. The molecule has 0 radical (unpaired) electrons. The minimum Gasteiger partial charge on any atom is -0.301 e. The van der Waals surface area contributed by atoms with Gasteiger partial charge in [0, 0.05) is 48.7 Å². The van der Waals surface area contributed by atoms with Crippen LogP contribution in [0.15, 0.2) is 47.8 Å². The number of carbonyl (C=O) groups is 1. The van der Waals surface area contributed by atoms with Gasteiger partial charge in [-0.1, -0.05) is 41.9 Å². The molecule has 1 aliphatic heterocycles. The Labute approximate surface area is 192 Å². The summed E-state index contributed by atoms with van der Waals surface area (Å²) in [4.78, 5) is 21.7. The summed E-state index contributed by atoms with van der Waals surface area (Å²) in [7, 11) is 0. The van der Waals surface area contributed by atoms with E-state index in [1.165, 1.54) is 22.5 Å². The molecule has 1 aromatic heterocycles. The maximum Gasteiger partial charge on any atom is 0.240 e. The number of amides is 1. The van der Waals surface area contributed by atoms with Crippen molar-refractivity contribution in [1.29, 1.82) is 0 Å². The molecule has 162 valence electrons. The number of nitrogens with zero attached hydrogens (tertiary/aromatic N) is 3. The Morgan fingerprint density at radius 1 is 1.06 bits per heavy atom. The first kappa shape index (κ1) is 22.0. The number of rotatable bonds is 6. The Balaban J connectivity index is 1.26. The predicted octanol–water partition coefficient (Wildman–Crippen LogP) is 4.84. The molecule has 1 fully saturated rings. The number of anilines is 1. The number of hydrogen-bond acceptors (Lipinski definition) is 5. The van der Waals surface area contributed by atoms with Gasteiger partial charge in [0.2, 0.25) is 5.91 Å². The molecule has 3 aromatic rings. The van der Waals surface area contributed by atoms with E-state index in [1.807, 2.05) is 23.6 Å². The van der Waals surface area contributed by atoms with Crippen LogP contribution in [0.3, 0.4) is 0 Å². The average Bonchev–Trinajstić information content (AvgIpc) is 3.21. The second kappa shape index (κ2) is 9.92. The van der Waals surface area contributed by atoms with Crippen molar-refractivity contribution in [3.8, 4) is 11.3 Å². The fourth-order valence-electron chi connectivity index (χ4n) is 3.70. The summed E-state index contributed by atoms with van der Waals surface area (Å²) in [6, 6.07) is 14.3. The van der Waals surface area contributed by atoms with Gasteiger partial charge in [-0.3, -0.25) is 14.6 Å². The predicted molar refractivity (Wildman–Crippen MR) is 129 cm³/mol. The molecule has 4 rings (SSSR count). The summed E-state index contributed by atoms with van der Waals surface area (Å²) in [6.45, 7) is 9.01. The SMILES string of the molecule is Cc1ccc(-c2csc(NC(=O)CN3CCN(Cc4ccccc4Cl)CC3)n2)cc1C. The van der Waals surface area contributed by atoms with Crippen molar-refractivity contribution in [1.82, 2.24) is 14.8 Å². The molecular formula is C24H27ClN4OS. The van der Waals surface area contributed by atoms with E-state index in [2.05, 4.69) is 58.2 Å². The largest absolute Gasteiger partial charge is 0.301 e. The molecule has 0 atom stereocenters. The Morgan fingerprint density at radius 3 is 2.55 bits per heavy atom. The van der Waals surface area contributed by atoms with Crippen LogP contribution >= 0.6 is 22.9 Å². The van der Waals surface area contributed by atoms with Gasteiger partial charge < -0.3 is 5.32 Å². The maximum absolute atomic E-state index is 12.5.